The Hall–Kier alpha value is -2.70. The molecular formula is C28H36N2O4. The maximum absolute atomic E-state index is 12.2. The Kier molecular flexibility index (Phi) is 9.11. The van der Waals surface area contributed by atoms with Crippen LogP contribution in [-0.4, -0.2) is 38.1 Å². The molecule has 0 unspecified atom stereocenters. The summed E-state index contributed by atoms with van der Waals surface area (Å²) in [5.41, 5.74) is 5.00. The van der Waals surface area contributed by atoms with Crippen molar-refractivity contribution in [1.82, 2.24) is 10.6 Å². The molecule has 2 aromatic rings. The first-order valence-electron chi connectivity index (χ1n) is 12.6. The van der Waals surface area contributed by atoms with E-state index in [4.69, 9.17) is 9.47 Å². The SMILES string of the molecule is O=C(CCCCCCC(=O)NC[C@H]1OCCc2ccccc21)NC[C@H]1OCCc2ccccc21. The summed E-state index contributed by atoms with van der Waals surface area (Å²) < 4.78 is 11.7. The van der Waals surface area contributed by atoms with Crippen molar-refractivity contribution in [2.24, 2.45) is 0 Å². The van der Waals surface area contributed by atoms with Gasteiger partial charge in [0, 0.05) is 25.9 Å². The number of carbonyl (C=O) groups excluding carboxylic acids is 2. The Morgan fingerprint density at radius 3 is 1.59 bits per heavy atom. The van der Waals surface area contributed by atoms with Crippen molar-refractivity contribution in [2.75, 3.05) is 26.3 Å². The van der Waals surface area contributed by atoms with Gasteiger partial charge in [-0.25, -0.2) is 0 Å². The summed E-state index contributed by atoms with van der Waals surface area (Å²) in [4.78, 5) is 24.4. The zero-order valence-corrected chi connectivity index (χ0v) is 19.9. The molecule has 0 bridgehead atoms. The zero-order valence-electron chi connectivity index (χ0n) is 19.9. The van der Waals surface area contributed by atoms with Crippen LogP contribution >= 0.6 is 0 Å². The molecule has 6 heteroatoms. The largest absolute Gasteiger partial charge is 0.371 e. The van der Waals surface area contributed by atoms with Gasteiger partial charge in [-0.15, -0.1) is 0 Å². The fraction of sp³-hybridized carbons (Fsp3) is 0.500. The first-order valence-corrected chi connectivity index (χ1v) is 12.6. The summed E-state index contributed by atoms with van der Waals surface area (Å²) in [6.07, 6.45) is 6.34. The molecule has 2 atom stereocenters. The smallest absolute Gasteiger partial charge is 0.220 e. The van der Waals surface area contributed by atoms with Gasteiger partial charge in [-0.05, 0) is 47.9 Å². The van der Waals surface area contributed by atoms with Crippen LogP contribution in [0.2, 0.25) is 0 Å². The summed E-state index contributed by atoms with van der Waals surface area (Å²) >= 11 is 0. The van der Waals surface area contributed by atoms with E-state index in [0.29, 0.717) is 39.1 Å². The molecule has 182 valence electrons. The second-order valence-electron chi connectivity index (χ2n) is 9.14. The maximum Gasteiger partial charge on any atom is 0.220 e. The number of hydrogen-bond donors (Lipinski definition) is 2. The van der Waals surface area contributed by atoms with E-state index in [1.165, 1.54) is 22.3 Å². The minimum absolute atomic E-state index is 0.0556. The number of rotatable bonds is 11. The minimum atomic E-state index is -0.0556. The highest BCUT2D eigenvalue weighted by Gasteiger charge is 2.21. The topological polar surface area (TPSA) is 76.7 Å². The molecule has 2 heterocycles. The van der Waals surface area contributed by atoms with Crippen molar-refractivity contribution in [2.45, 2.75) is 63.6 Å². The molecule has 2 N–H and O–H groups in total. The molecule has 0 saturated carbocycles. The van der Waals surface area contributed by atoms with Crippen LogP contribution in [0.5, 0.6) is 0 Å². The van der Waals surface area contributed by atoms with Gasteiger partial charge in [-0.3, -0.25) is 9.59 Å². The minimum Gasteiger partial charge on any atom is -0.371 e. The summed E-state index contributed by atoms with van der Waals surface area (Å²) in [6, 6.07) is 16.6. The lowest BCUT2D eigenvalue weighted by Gasteiger charge is -2.26. The summed E-state index contributed by atoms with van der Waals surface area (Å²) in [6.45, 7) is 2.44. The third-order valence-electron chi connectivity index (χ3n) is 6.71. The lowest BCUT2D eigenvalue weighted by atomic mass is 9.97. The van der Waals surface area contributed by atoms with Crippen LogP contribution in [0, 0.1) is 0 Å². The number of hydrogen-bond acceptors (Lipinski definition) is 4. The highest BCUT2D eigenvalue weighted by molar-refractivity contribution is 5.76. The Morgan fingerprint density at radius 2 is 1.12 bits per heavy atom. The van der Waals surface area contributed by atoms with Gasteiger partial charge in [0.05, 0.1) is 13.2 Å². The predicted octanol–water partition coefficient (Wildman–Crippen LogP) is 4.19. The van der Waals surface area contributed by atoms with Gasteiger partial charge in [0.2, 0.25) is 11.8 Å². The van der Waals surface area contributed by atoms with Crippen LogP contribution in [-0.2, 0) is 31.9 Å². The Bertz CT molecular complexity index is 883. The Morgan fingerprint density at radius 1 is 0.676 bits per heavy atom. The van der Waals surface area contributed by atoms with Crippen LogP contribution in [0.1, 0.15) is 73.0 Å². The monoisotopic (exact) mass is 464 g/mol. The molecule has 0 aromatic heterocycles. The molecule has 2 aliphatic heterocycles. The molecule has 34 heavy (non-hydrogen) atoms. The lowest BCUT2D eigenvalue weighted by molar-refractivity contribution is -0.123. The predicted molar refractivity (Wildman–Crippen MR) is 131 cm³/mol. The van der Waals surface area contributed by atoms with Gasteiger partial charge in [-0.1, -0.05) is 61.4 Å². The second-order valence-corrected chi connectivity index (χ2v) is 9.14. The number of amides is 2. The van der Waals surface area contributed by atoms with E-state index in [9.17, 15) is 9.59 Å². The Balaban J connectivity index is 1.04. The van der Waals surface area contributed by atoms with Crippen LogP contribution in [0.3, 0.4) is 0 Å². The number of benzene rings is 2. The number of fused-ring (bicyclic) bond motifs is 2. The van der Waals surface area contributed by atoms with Gasteiger partial charge >= 0.3 is 0 Å². The molecule has 2 amide bonds. The van der Waals surface area contributed by atoms with Gasteiger partial charge in [0.15, 0.2) is 0 Å². The van der Waals surface area contributed by atoms with Crippen molar-refractivity contribution in [3.8, 4) is 0 Å². The van der Waals surface area contributed by atoms with Crippen LogP contribution in [0.15, 0.2) is 48.5 Å². The van der Waals surface area contributed by atoms with Crippen LogP contribution < -0.4 is 10.6 Å². The van der Waals surface area contributed by atoms with Crippen molar-refractivity contribution < 1.29 is 19.1 Å². The highest BCUT2D eigenvalue weighted by Crippen LogP contribution is 2.27. The van der Waals surface area contributed by atoms with Crippen molar-refractivity contribution in [3.63, 3.8) is 0 Å². The van der Waals surface area contributed by atoms with E-state index >= 15 is 0 Å². The van der Waals surface area contributed by atoms with Crippen LogP contribution in [0.4, 0.5) is 0 Å². The molecule has 0 radical (unpaired) electrons. The van der Waals surface area contributed by atoms with Gasteiger partial charge < -0.3 is 20.1 Å². The zero-order chi connectivity index (χ0) is 23.6. The van der Waals surface area contributed by atoms with Crippen LogP contribution in [0.25, 0.3) is 0 Å². The molecule has 2 aliphatic rings. The van der Waals surface area contributed by atoms with Crippen molar-refractivity contribution in [1.29, 1.82) is 0 Å². The van der Waals surface area contributed by atoms with Gasteiger partial charge in [0.1, 0.15) is 12.2 Å². The molecule has 6 nitrogen and oxygen atoms in total. The van der Waals surface area contributed by atoms with E-state index in [0.717, 1.165) is 38.5 Å². The van der Waals surface area contributed by atoms with Gasteiger partial charge in [0.25, 0.3) is 0 Å². The normalized spacial score (nSPS) is 19.1. The first kappa shape index (κ1) is 24.4. The molecule has 0 fully saturated rings. The first-order chi connectivity index (χ1) is 16.7. The van der Waals surface area contributed by atoms with E-state index in [1.807, 2.05) is 24.3 Å². The number of unbranched alkanes of at least 4 members (excludes halogenated alkanes) is 3. The maximum atomic E-state index is 12.2. The fourth-order valence-electron chi connectivity index (χ4n) is 4.81. The van der Waals surface area contributed by atoms with Crippen molar-refractivity contribution in [3.05, 3.63) is 70.8 Å². The summed E-state index contributed by atoms with van der Waals surface area (Å²) in [7, 11) is 0. The third-order valence-corrected chi connectivity index (χ3v) is 6.71. The molecule has 4 rings (SSSR count). The highest BCUT2D eigenvalue weighted by atomic mass is 16.5. The van der Waals surface area contributed by atoms with E-state index in [-0.39, 0.29) is 24.0 Å². The van der Waals surface area contributed by atoms with E-state index < -0.39 is 0 Å². The second kappa shape index (κ2) is 12.7. The quantitative estimate of drug-likeness (QED) is 0.489. The third kappa shape index (κ3) is 6.90. The molecular weight excluding hydrogens is 428 g/mol. The van der Waals surface area contributed by atoms with Gasteiger partial charge in [-0.2, -0.15) is 0 Å². The van der Waals surface area contributed by atoms with Crippen molar-refractivity contribution >= 4 is 11.8 Å². The average Bonchev–Trinajstić information content (AvgIpc) is 2.88. The molecule has 0 saturated heterocycles. The fourth-order valence-corrected chi connectivity index (χ4v) is 4.81. The molecule has 0 spiro atoms. The average molecular weight is 465 g/mol. The Labute approximate surface area is 202 Å². The number of carbonyl (C=O) groups is 2. The summed E-state index contributed by atoms with van der Waals surface area (Å²) in [5, 5.41) is 6.03. The lowest BCUT2D eigenvalue weighted by Crippen LogP contribution is -2.31. The molecule has 0 aliphatic carbocycles. The number of ether oxygens (including phenoxy) is 2. The molecule has 2 aromatic carbocycles. The summed E-state index contributed by atoms with van der Waals surface area (Å²) in [5.74, 6) is 0.134. The van der Waals surface area contributed by atoms with E-state index in [1.54, 1.807) is 0 Å². The number of nitrogens with one attached hydrogen (secondary N) is 2. The van der Waals surface area contributed by atoms with E-state index in [2.05, 4.69) is 34.9 Å². The standard InChI is InChI=1S/C28H36N2O4/c31-27(29-19-25-23-11-7-5-9-21(23)15-17-33-25)13-3-1-2-4-14-28(32)30-20-26-24-12-8-6-10-22(24)16-18-34-26/h5-12,25-26H,1-4,13-20H2,(H,29,31)(H,30,32)/t25-,26-/m1/s1.